The van der Waals surface area contributed by atoms with Crippen LogP contribution in [0.5, 0.6) is 0 Å². The van der Waals surface area contributed by atoms with Crippen LogP contribution in [0.25, 0.3) is 11.3 Å². The molecule has 0 bridgehead atoms. The number of aryl methyl sites for hydroxylation is 2. The Labute approximate surface area is 83.6 Å². The molecule has 0 aliphatic carbocycles. The Balaban J connectivity index is 2.48. The fraction of sp³-hybridized carbons (Fsp3) is 0.167. The molecule has 2 nitrogen and oxygen atoms in total. The van der Waals surface area contributed by atoms with E-state index in [1.54, 1.807) is 6.20 Å². The van der Waals surface area contributed by atoms with Gasteiger partial charge in [-0.25, -0.2) is 0 Å². The Bertz CT molecular complexity index is 435. The number of hydrogen-bond acceptors (Lipinski definition) is 2. The van der Waals surface area contributed by atoms with Crippen LogP contribution < -0.4 is 0 Å². The number of hydrogen-bond donors (Lipinski definition) is 0. The predicted octanol–water partition coefficient (Wildman–Crippen LogP) is 2.76. The molecule has 0 spiro atoms. The maximum atomic E-state index is 4.07. The molecule has 70 valence electrons. The third kappa shape index (κ3) is 1.64. The summed E-state index contributed by atoms with van der Waals surface area (Å²) in [5.41, 5.74) is 4.64. The van der Waals surface area contributed by atoms with Crippen LogP contribution in [0.2, 0.25) is 0 Å². The molecular weight excluding hydrogens is 172 g/mol. The van der Waals surface area contributed by atoms with Crippen LogP contribution in [-0.4, -0.2) is 10.2 Å². The molecule has 2 rings (SSSR count). The minimum absolute atomic E-state index is 0.926. The fourth-order valence-electron chi connectivity index (χ4n) is 1.36. The topological polar surface area (TPSA) is 25.8 Å². The average Bonchev–Trinajstić information content (AvgIpc) is 2.23. The lowest BCUT2D eigenvalue weighted by Gasteiger charge is -2.03. The van der Waals surface area contributed by atoms with E-state index in [2.05, 4.69) is 42.2 Å². The van der Waals surface area contributed by atoms with Gasteiger partial charge in [-0.1, -0.05) is 12.1 Å². The molecule has 0 fully saturated rings. The third-order valence-corrected chi connectivity index (χ3v) is 2.37. The van der Waals surface area contributed by atoms with E-state index < -0.39 is 0 Å². The van der Waals surface area contributed by atoms with Crippen molar-refractivity contribution in [2.24, 2.45) is 0 Å². The zero-order valence-corrected chi connectivity index (χ0v) is 8.36. The van der Waals surface area contributed by atoms with Crippen molar-refractivity contribution in [2.45, 2.75) is 13.8 Å². The van der Waals surface area contributed by atoms with E-state index in [0.29, 0.717) is 0 Å². The van der Waals surface area contributed by atoms with E-state index in [-0.39, 0.29) is 0 Å². The van der Waals surface area contributed by atoms with Crippen molar-refractivity contribution in [3.05, 3.63) is 47.7 Å². The SMILES string of the molecule is Cc1ccc(-c2cccnn2)cc1C. The molecule has 0 amide bonds. The summed E-state index contributed by atoms with van der Waals surface area (Å²) < 4.78 is 0. The quantitative estimate of drug-likeness (QED) is 0.681. The van der Waals surface area contributed by atoms with Crippen molar-refractivity contribution in [3.8, 4) is 11.3 Å². The Hall–Kier alpha value is -1.70. The summed E-state index contributed by atoms with van der Waals surface area (Å²) in [5, 5.41) is 7.93. The van der Waals surface area contributed by atoms with E-state index in [4.69, 9.17) is 0 Å². The van der Waals surface area contributed by atoms with E-state index in [1.165, 1.54) is 11.1 Å². The van der Waals surface area contributed by atoms with Crippen molar-refractivity contribution < 1.29 is 0 Å². The molecule has 0 atom stereocenters. The first-order valence-corrected chi connectivity index (χ1v) is 4.63. The smallest absolute Gasteiger partial charge is 0.0929 e. The highest BCUT2D eigenvalue weighted by Gasteiger charge is 1.99. The van der Waals surface area contributed by atoms with Gasteiger partial charge in [0.05, 0.1) is 5.69 Å². The van der Waals surface area contributed by atoms with Crippen LogP contribution in [0.1, 0.15) is 11.1 Å². The van der Waals surface area contributed by atoms with Gasteiger partial charge in [0.15, 0.2) is 0 Å². The first kappa shape index (κ1) is 8.88. The van der Waals surface area contributed by atoms with Gasteiger partial charge in [-0.05, 0) is 43.2 Å². The second-order valence-electron chi connectivity index (χ2n) is 3.41. The van der Waals surface area contributed by atoms with Crippen molar-refractivity contribution >= 4 is 0 Å². The lowest BCUT2D eigenvalue weighted by Crippen LogP contribution is -1.87. The normalized spacial score (nSPS) is 10.1. The van der Waals surface area contributed by atoms with Gasteiger partial charge in [0, 0.05) is 11.8 Å². The molecule has 1 aromatic heterocycles. The van der Waals surface area contributed by atoms with Gasteiger partial charge >= 0.3 is 0 Å². The van der Waals surface area contributed by atoms with E-state index in [1.807, 2.05) is 12.1 Å². The van der Waals surface area contributed by atoms with E-state index in [0.717, 1.165) is 11.3 Å². The molecule has 0 aliphatic rings. The highest BCUT2D eigenvalue weighted by Crippen LogP contribution is 2.18. The Morgan fingerprint density at radius 1 is 1.00 bits per heavy atom. The van der Waals surface area contributed by atoms with Gasteiger partial charge in [-0.2, -0.15) is 10.2 Å². The largest absolute Gasteiger partial charge is 0.159 e. The molecule has 1 heterocycles. The van der Waals surface area contributed by atoms with Crippen LogP contribution >= 0.6 is 0 Å². The number of rotatable bonds is 1. The molecule has 0 unspecified atom stereocenters. The molecule has 0 N–H and O–H groups in total. The van der Waals surface area contributed by atoms with Gasteiger partial charge < -0.3 is 0 Å². The molecule has 14 heavy (non-hydrogen) atoms. The van der Waals surface area contributed by atoms with Crippen LogP contribution in [0.15, 0.2) is 36.5 Å². The van der Waals surface area contributed by atoms with Crippen LogP contribution in [0.4, 0.5) is 0 Å². The zero-order valence-electron chi connectivity index (χ0n) is 8.36. The highest BCUT2D eigenvalue weighted by atomic mass is 15.1. The molecule has 2 aromatic rings. The first-order chi connectivity index (χ1) is 6.77. The molecule has 1 aromatic carbocycles. The monoisotopic (exact) mass is 184 g/mol. The fourth-order valence-corrected chi connectivity index (χ4v) is 1.36. The molecule has 2 heteroatoms. The van der Waals surface area contributed by atoms with Gasteiger partial charge in [0.2, 0.25) is 0 Å². The minimum Gasteiger partial charge on any atom is -0.159 e. The molecular formula is C12H12N2. The van der Waals surface area contributed by atoms with Gasteiger partial charge in [-0.15, -0.1) is 0 Å². The second kappa shape index (κ2) is 3.58. The van der Waals surface area contributed by atoms with Crippen molar-refractivity contribution in [3.63, 3.8) is 0 Å². The van der Waals surface area contributed by atoms with Crippen molar-refractivity contribution in [1.82, 2.24) is 10.2 Å². The zero-order chi connectivity index (χ0) is 9.97. The summed E-state index contributed by atoms with van der Waals surface area (Å²) >= 11 is 0. The van der Waals surface area contributed by atoms with Gasteiger partial charge in [-0.3, -0.25) is 0 Å². The van der Waals surface area contributed by atoms with E-state index >= 15 is 0 Å². The Kier molecular flexibility index (Phi) is 2.27. The second-order valence-corrected chi connectivity index (χ2v) is 3.41. The highest BCUT2D eigenvalue weighted by molar-refractivity contribution is 5.60. The molecule has 0 saturated carbocycles. The molecule has 0 radical (unpaired) electrons. The van der Waals surface area contributed by atoms with E-state index in [9.17, 15) is 0 Å². The average molecular weight is 184 g/mol. The number of nitrogens with zero attached hydrogens (tertiary/aromatic N) is 2. The van der Waals surface area contributed by atoms with Crippen molar-refractivity contribution in [2.75, 3.05) is 0 Å². The summed E-state index contributed by atoms with van der Waals surface area (Å²) in [7, 11) is 0. The lowest BCUT2D eigenvalue weighted by molar-refractivity contribution is 1.04. The van der Waals surface area contributed by atoms with Gasteiger partial charge in [0.1, 0.15) is 0 Å². The minimum atomic E-state index is 0.926. The molecule has 0 saturated heterocycles. The standard InChI is InChI=1S/C12H12N2/c1-9-5-6-11(8-10(9)2)12-4-3-7-13-14-12/h3-8H,1-2H3. The first-order valence-electron chi connectivity index (χ1n) is 4.63. The number of aromatic nitrogens is 2. The van der Waals surface area contributed by atoms with Crippen LogP contribution in [0.3, 0.4) is 0 Å². The maximum Gasteiger partial charge on any atom is 0.0929 e. The summed E-state index contributed by atoms with van der Waals surface area (Å²) in [6.45, 7) is 4.21. The van der Waals surface area contributed by atoms with Crippen LogP contribution in [-0.2, 0) is 0 Å². The number of benzene rings is 1. The summed E-state index contributed by atoms with van der Waals surface area (Å²) in [4.78, 5) is 0. The Morgan fingerprint density at radius 3 is 2.50 bits per heavy atom. The van der Waals surface area contributed by atoms with Crippen molar-refractivity contribution in [1.29, 1.82) is 0 Å². The summed E-state index contributed by atoms with van der Waals surface area (Å²) in [5.74, 6) is 0. The maximum absolute atomic E-state index is 4.07. The summed E-state index contributed by atoms with van der Waals surface area (Å²) in [6.07, 6.45) is 1.69. The Morgan fingerprint density at radius 2 is 1.86 bits per heavy atom. The molecule has 0 aliphatic heterocycles. The third-order valence-electron chi connectivity index (χ3n) is 2.37. The van der Waals surface area contributed by atoms with Crippen LogP contribution in [0, 0.1) is 13.8 Å². The lowest BCUT2D eigenvalue weighted by atomic mass is 10.0. The van der Waals surface area contributed by atoms with Gasteiger partial charge in [0.25, 0.3) is 0 Å². The predicted molar refractivity (Wildman–Crippen MR) is 56.9 cm³/mol. The summed E-state index contributed by atoms with van der Waals surface area (Å²) in [6, 6.07) is 10.2.